The van der Waals surface area contributed by atoms with Crippen molar-refractivity contribution in [3.63, 3.8) is 0 Å². The van der Waals surface area contributed by atoms with Gasteiger partial charge in [-0.3, -0.25) is 0 Å². The summed E-state index contributed by atoms with van der Waals surface area (Å²) in [5, 5.41) is 4.38. The quantitative estimate of drug-likeness (QED) is 0.802. The van der Waals surface area contributed by atoms with Crippen LogP contribution in [0.25, 0.3) is 16.9 Å². The molecule has 0 atom stereocenters. The van der Waals surface area contributed by atoms with Crippen molar-refractivity contribution in [2.24, 2.45) is 0 Å². The highest BCUT2D eigenvalue weighted by atomic mass is 19.1. The average molecular weight is 283 g/mol. The zero-order chi connectivity index (χ0) is 14.8. The number of rotatable bonds is 3. The molecule has 5 heteroatoms. The predicted molar refractivity (Wildman–Crippen MR) is 79.9 cm³/mol. The minimum Gasteiger partial charge on any atom is -0.497 e. The largest absolute Gasteiger partial charge is 0.497 e. The van der Waals surface area contributed by atoms with E-state index in [2.05, 4.69) is 5.10 Å². The van der Waals surface area contributed by atoms with Crippen molar-refractivity contribution < 1.29 is 9.13 Å². The number of methoxy groups -OCH3 is 1. The van der Waals surface area contributed by atoms with Crippen LogP contribution < -0.4 is 10.5 Å². The molecule has 21 heavy (non-hydrogen) atoms. The highest BCUT2D eigenvalue weighted by molar-refractivity contribution is 5.64. The molecule has 1 aromatic heterocycles. The highest BCUT2D eigenvalue weighted by Crippen LogP contribution is 2.25. The third-order valence-corrected chi connectivity index (χ3v) is 3.20. The Morgan fingerprint density at radius 1 is 1.10 bits per heavy atom. The molecule has 0 aliphatic heterocycles. The number of nitrogen functional groups attached to an aromatic ring is 1. The standard InChI is InChI=1S/C16H14FN3O/c1-21-12-8-6-11(7-9-12)20-16(18)10-15(19-20)13-4-2-3-5-14(13)17/h2-10H,18H2,1H3. The molecule has 0 bridgehead atoms. The Kier molecular flexibility index (Phi) is 3.31. The molecular formula is C16H14FN3O. The zero-order valence-corrected chi connectivity index (χ0v) is 11.5. The Labute approximate surface area is 121 Å². The summed E-state index contributed by atoms with van der Waals surface area (Å²) >= 11 is 0. The maximum absolute atomic E-state index is 13.8. The first kappa shape index (κ1) is 13.2. The van der Waals surface area contributed by atoms with Crippen LogP contribution in [0.4, 0.5) is 10.2 Å². The molecule has 0 amide bonds. The summed E-state index contributed by atoms with van der Waals surface area (Å²) in [6, 6.07) is 15.5. The topological polar surface area (TPSA) is 53.1 Å². The van der Waals surface area contributed by atoms with Gasteiger partial charge in [0.05, 0.1) is 18.5 Å². The number of nitrogens with two attached hydrogens (primary N) is 1. The van der Waals surface area contributed by atoms with Gasteiger partial charge in [-0.25, -0.2) is 9.07 Å². The number of halogens is 1. The fraction of sp³-hybridized carbons (Fsp3) is 0.0625. The smallest absolute Gasteiger partial charge is 0.132 e. The van der Waals surface area contributed by atoms with E-state index in [0.717, 1.165) is 11.4 Å². The molecule has 4 nitrogen and oxygen atoms in total. The summed E-state index contributed by atoms with van der Waals surface area (Å²) < 4.78 is 20.5. The third kappa shape index (κ3) is 2.45. The van der Waals surface area contributed by atoms with Crippen molar-refractivity contribution >= 4 is 5.82 Å². The van der Waals surface area contributed by atoms with Crippen LogP contribution in [-0.2, 0) is 0 Å². The molecule has 0 saturated carbocycles. The normalized spacial score (nSPS) is 10.6. The number of ether oxygens (including phenoxy) is 1. The maximum Gasteiger partial charge on any atom is 0.132 e. The number of anilines is 1. The van der Waals surface area contributed by atoms with E-state index in [1.165, 1.54) is 6.07 Å². The van der Waals surface area contributed by atoms with Crippen molar-refractivity contribution in [1.82, 2.24) is 9.78 Å². The molecular weight excluding hydrogens is 269 g/mol. The van der Waals surface area contributed by atoms with Gasteiger partial charge in [-0.15, -0.1) is 0 Å². The van der Waals surface area contributed by atoms with Gasteiger partial charge in [-0.05, 0) is 36.4 Å². The summed E-state index contributed by atoms with van der Waals surface area (Å²) in [5.41, 5.74) is 7.69. The summed E-state index contributed by atoms with van der Waals surface area (Å²) in [7, 11) is 1.60. The van der Waals surface area contributed by atoms with Crippen molar-refractivity contribution in [1.29, 1.82) is 0 Å². The van der Waals surface area contributed by atoms with Gasteiger partial charge in [0.15, 0.2) is 0 Å². The van der Waals surface area contributed by atoms with E-state index in [4.69, 9.17) is 10.5 Å². The molecule has 0 unspecified atom stereocenters. The molecule has 0 aliphatic rings. The van der Waals surface area contributed by atoms with Crippen LogP contribution in [0, 0.1) is 5.82 Å². The highest BCUT2D eigenvalue weighted by Gasteiger charge is 2.11. The van der Waals surface area contributed by atoms with E-state index in [1.807, 2.05) is 24.3 Å². The second-order valence-corrected chi connectivity index (χ2v) is 4.54. The van der Waals surface area contributed by atoms with E-state index < -0.39 is 0 Å². The number of benzene rings is 2. The van der Waals surface area contributed by atoms with Crippen molar-refractivity contribution in [3.05, 3.63) is 60.4 Å². The van der Waals surface area contributed by atoms with Crippen molar-refractivity contribution in [2.45, 2.75) is 0 Å². The molecule has 2 aromatic carbocycles. The second kappa shape index (κ2) is 5.28. The fourth-order valence-corrected chi connectivity index (χ4v) is 2.13. The Morgan fingerprint density at radius 2 is 1.81 bits per heavy atom. The van der Waals surface area contributed by atoms with E-state index in [9.17, 15) is 4.39 Å². The molecule has 106 valence electrons. The first-order valence-electron chi connectivity index (χ1n) is 6.44. The van der Waals surface area contributed by atoms with Gasteiger partial charge in [0, 0.05) is 11.6 Å². The lowest BCUT2D eigenvalue weighted by Crippen LogP contribution is -2.01. The molecule has 3 rings (SSSR count). The molecule has 0 saturated heterocycles. The average Bonchev–Trinajstić information content (AvgIpc) is 2.89. The molecule has 0 fully saturated rings. The van der Waals surface area contributed by atoms with E-state index in [-0.39, 0.29) is 5.82 Å². The number of nitrogens with zero attached hydrogens (tertiary/aromatic N) is 2. The van der Waals surface area contributed by atoms with Gasteiger partial charge in [-0.2, -0.15) is 5.10 Å². The Hall–Kier alpha value is -2.82. The summed E-state index contributed by atoms with van der Waals surface area (Å²) in [6.07, 6.45) is 0. The first-order chi connectivity index (χ1) is 10.2. The summed E-state index contributed by atoms with van der Waals surface area (Å²) in [6.45, 7) is 0. The molecule has 0 spiro atoms. The Morgan fingerprint density at radius 3 is 2.48 bits per heavy atom. The van der Waals surface area contributed by atoms with Gasteiger partial charge >= 0.3 is 0 Å². The van der Waals surface area contributed by atoms with E-state index >= 15 is 0 Å². The fourth-order valence-electron chi connectivity index (χ4n) is 2.13. The molecule has 0 aliphatic carbocycles. The number of hydrogen-bond donors (Lipinski definition) is 1. The van der Waals surface area contributed by atoms with Crippen LogP contribution in [0.5, 0.6) is 5.75 Å². The third-order valence-electron chi connectivity index (χ3n) is 3.20. The summed E-state index contributed by atoms with van der Waals surface area (Å²) in [4.78, 5) is 0. The van der Waals surface area contributed by atoms with Gasteiger partial charge < -0.3 is 10.5 Å². The van der Waals surface area contributed by atoms with Crippen molar-refractivity contribution in [2.75, 3.05) is 12.8 Å². The molecule has 2 N–H and O–H groups in total. The second-order valence-electron chi connectivity index (χ2n) is 4.54. The SMILES string of the molecule is COc1ccc(-n2nc(-c3ccccc3F)cc2N)cc1. The maximum atomic E-state index is 13.8. The number of hydrogen-bond acceptors (Lipinski definition) is 3. The van der Waals surface area contributed by atoms with Crippen molar-refractivity contribution in [3.8, 4) is 22.7 Å². The van der Waals surface area contributed by atoms with Gasteiger partial charge in [0.25, 0.3) is 0 Å². The van der Waals surface area contributed by atoms with Crippen LogP contribution in [0.3, 0.4) is 0 Å². The predicted octanol–water partition coefficient (Wildman–Crippen LogP) is 3.27. The molecule has 0 radical (unpaired) electrons. The lowest BCUT2D eigenvalue weighted by Gasteiger charge is -2.05. The van der Waals surface area contributed by atoms with Crippen LogP contribution in [0.1, 0.15) is 0 Å². The minimum atomic E-state index is -0.322. The minimum absolute atomic E-state index is 0.322. The molecule has 3 aromatic rings. The Bertz CT molecular complexity index is 765. The van der Waals surface area contributed by atoms with Gasteiger partial charge in [0.1, 0.15) is 17.4 Å². The lowest BCUT2D eigenvalue weighted by atomic mass is 10.1. The lowest BCUT2D eigenvalue weighted by molar-refractivity contribution is 0.414. The van der Waals surface area contributed by atoms with Gasteiger partial charge in [0.2, 0.25) is 0 Å². The first-order valence-corrected chi connectivity index (χ1v) is 6.44. The zero-order valence-electron chi connectivity index (χ0n) is 11.5. The monoisotopic (exact) mass is 283 g/mol. The number of aromatic nitrogens is 2. The van der Waals surface area contributed by atoms with E-state index in [0.29, 0.717) is 17.1 Å². The van der Waals surface area contributed by atoms with Crippen LogP contribution >= 0.6 is 0 Å². The summed E-state index contributed by atoms with van der Waals surface area (Å²) in [5.74, 6) is 0.870. The van der Waals surface area contributed by atoms with Crippen LogP contribution in [0.2, 0.25) is 0 Å². The Balaban J connectivity index is 2.03. The van der Waals surface area contributed by atoms with Gasteiger partial charge in [-0.1, -0.05) is 12.1 Å². The van der Waals surface area contributed by atoms with E-state index in [1.54, 1.807) is 36.1 Å². The van der Waals surface area contributed by atoms with Crippen LogP contribution in [-0.4, -0.2) is 16.9 Å². The van der Waals surface area contributed by atoms with Crippen LogP contribution in [0.15, 0.2) is 54.6 Å². The molecule has 1 heterocycles.